The van der Waals surface area contributed by atoms with Gasteiger partial charge < -0.3 is 5.11 Å². The minimum Gasteiger partial charge on any atom is -0.388 e. The molecular formula is C10H16N2O3S. The van der Waals surface area contributed by atoms with Gasteiger partial charge in [-0.15, -0.1) is 11.3 Å². The van der Waals surface area contributed by atoms with Crippen LogP contribution in [0.1, 0.15) is 34.2 Å². The van der Waals surface area contributed by atoms with Gasteiger partial charge in [0.2, 0.25) is 0 Å². The second kappa shape index (κ2) is 4.90. The summed E-state index contributed by atoms with van der Waals surface area (Å²) in [7, 11) is 0. The molecule has 1 aromatic rings. The van der Waals surface area contributed by atoms with E-state index in [1.807, 2.05) is 6.92 Å². The molecule has 0 aromatic carbocycles. The molecule has 16 heavy (non-hydrogen) atoms. The van der Waals surface area contributed by atoms with Crippen molar-refractivity contribution in [3.8, 4) is 0 Å². The quantitative estimate of drug-likeness (QED) is 0.780. The first kappa shape index (κ1) is 13.1. The number of aryl methyl sites for hydroxylation is 2. The fourth-order valence-corrected chi connectivity index (χ4v) is 1.87. The van der Waals surface area contributed by atoms with Crippen molar-refractivity contribution in [2.75, 3.05) is 6.61 Å². The summed E-state index contributed by atoms with van der Waals surface area (Å²) in [4.78, 5) is 21.2. The first-order valence-electron chi connectivity index (χ1n) is 4.88. The van der Waals surface area contributed by atoms with Gasteiger partial charge >= 0.3 is 0 Å². The number of carbonyl (C=O) groups excluding carboxylic acids is 1. The molecule has 0 aliphatic heterocycles. The second-order valence-corrected chi connectivity index (χ2v) is 5.38. The highest BCUT2D eigenvalue weighted by Gasteiger charge is 2.16. The lowest BCUT2D eigenvalue weighted by molar-refractivity contribution is -0.0521. The smallest absolute Gasteiger partial charge is 0.286 e. The maximum absolute atomic E-state index is 11.6. The fourth-order valence-electron chi connectivity index (χ4n) is 1.07. The Kier molecular flexibility index (Phi) is 4.01. The van der Waals surface area contributed by atoms with E-state index in [1.165, 1.54) is 11.3 Å². The Morgan fingerprint density at radius 2 is 2.19 bits per heavy atom. The van der Waals surface area contributed by atoms with E-state index in [-0.39, 0.29) is 12.5 Å². The summed E-state index contributed by atoms with van der Waals surface area (Å²) in [5, 5.41) is 10.2. The van der Waals surface area contributed by atoms with Gasteiger partial charge in [0, 0.05) is 0 Å². The minimum atomic E-state index is -0.966. The molecular weight excluding hydrogens is 228 g/mol. The first-order chi connectivity index (χ1) is 7.29. The zero-order valence-corrected chi connectivity index (χ0v) is 10.6. The van der Waals surface area contributed by atoms with Gasteiger partial charge in [-0.25, -0.2) is 10.5 Å². The topological polar surface area (TPSA) is 71.5 Å². The Bertz CT molecular complexity index is 382. The van der Waals surface area contributed by atoms with Crippen LogP contribution in [0.25, 0.3) is 0 Å². The number of rotatable bonds is 4. The van der Waals surface area contributed by atoms with Crippen LogP contribution < -0.4 is 5.48 Å². The number of hydrogen-bond acceptors (Lipinski definition) is 5. The van der Waals surface area contributed by atoms with Gasteiger partial charge in [-0.05, 0) is 27.7 Å². The molecule has 2 N–H and O–H groups in total. The van der Waals surface area contributed by atoms with Gasteiger partial charge in [-0.1, -0.05) is 0 Å². The Hall–Kier alpha value is -0.980. The number of carbonyl (C=O) groups is 1. The van der Waals surface area contributed by atoms with Crippen LogP contribution in [0.3, 0.4) is 0 Å². The van der Waals surface area contributed by atoms with E-state index in [0.29, 0.717) is 10.6 Å². The molecule has 1 rings (SSSR count). The van der Waals surface area contributed by atoms with E-state index in [4.69, 9.17) is 4.84 Å². The number of aliphatic hydroxyl groups is 1. The molecule has 5 nitrogen and oxygen atoms in total. The van der Waals surface area contributed by atoms with Crippen LogP contribution in [0.15, 0.2) is 0 Å². The van der Waals surface area contributed by atoms with Crippen molar-refractivity contribution in [2.24, 2.45) is 0 Å². The second-order valence-electron chi connectivity index (χ2n) is 4.18. The molecule has 1 heterocycles. The predicted octanol–water partition coefficient (Wildman–Crippen LogP) is 1.19. The van der Waals surface area contributed by atoms with Crippen LogP contribution in [0, 0.1) is 13.8 Å². The third-order valence-electron chi connectivity index (χ3n) is 1.70. The molecule has 6 heteroatoms. The van der Waals surface area contributed by atoms with E-state index in [0.717, 1.165) is 5.01 Å². The van der Waals surface area contributed by atoms with E-state index in [2.05, 4.69) is 10.5 Å². The van der Waals surface area contributed by atoms with Crippen molar-refractivity contribution in [2.45, 2.75) is 33.3 Å². The standard InChI is InChI=1S/C10H16N2O3S/c1-6-8(16-7(2)11-6)9(13)12-15-5-10(3,4)14/h14H,5H2,1-4H3,(H,12,13). The van der Waals surface area contributed by atoms with Gasteiger partial charge in [0.15, 0.2) is 0 Å². The SMILES string of the molecule is Cc1nc(C)c(C(=O)NOCC(C)(C)O)s1. The van der Waals surface area contributed by atoms with Gasteiger partial charge in [0.05, 0.1) is 16.3 Å². The zero-order valence-electron chi connectivity index (χ0n) is 9.83. The summed E-state index contributed by atoms with van der Waals surface area (Å²) in [6.07, 6.45) is 0. The molecule has 0 saturated carbocycles. The molecule has 0 atom stereocenters. The zero-order chi connectivity index (χ0) is 12.3. The van der Waals surface area contributed by atoms with Gasteiger partial charge in [0.25, 0.3) is 5.91 Å². The van der Waals surface area contributed by atoms with Crippen LogP contribution >= 0.6 is 11.3 Å². The number of aromatic nitrogens is 1. The molecule has 0 radical (unpaired) electrons. The van der Waals surface area contributed by atoms with Gasteiger partial charge in [-0.3, -0.25) is 9.63 Å². The number of nitrogens with one attached hydrogen (secondary N) is 1. The molecule has 1 aromatic heterocycles. The Morgan fingerprint density at radius 1 is 1.56 bits per heavy atom. The summed E-state index contributed by atoms with van der Waals surface area (Å²) < 4.78 is 0. The molecule has 0 bridgehead atoms. The lowest BCUT2D eigenvalue weighted by Gasteiger charge is -2.16. The summed E-state index contributed by atoms with van der Waals surface area (Å²) in [5.74, 6) is -0.327. The molecule has 90 valence electrons. The molecule has 0 unspecified atom stereocenters. The van der Waals surface area contributed by atoms with Crippen LogP contribution in [0.5, 0.6) is 0 Å². The van der Waals surface area contributed by atoms with Crippen molar-refractivity contribution in [3.05, 3.63) is 15.6 Å². The lowest BCUT2D eigenvalue weighted by atomic mass is 10.2. The van der Waals surface area contributed by atoms with Gasteiger partial charge in [-0.2, -0.15) is 0 Å². The molecule has 0 aliphatic carbocycles. The molecule has 0 fully saturated rings. The molecule has 0 aliphatic rings. The van der Waals surface area contributed by atoms with Crippen molar-refractivity contribution in [3.63, 3.8) is 0 Å². The first-order valence-corrected chi connectivity index (χ1v) is 5.70. The highest BCUT2D eigenvalue weighted by Crippen LogP contribution is 2.16. The Balaban J connectivity index is 2.51. The number of hydroxylamine groups is 1. The van der Waals surface area contributed by atoms with Gasteiger partial charge in [0.1, 0.15) is 11.5 Å². The fraction of sp³-hybridized carbons (Fsp3) is 0.600. The normalized spacial score (nSPS) is 11.6. The average molecular weight is 244 g/mol. The van der Waals surface area contributed by atoms with Crippen molar-refractivity contribution in [1.29, 1.82) is 0 Å². The highest BCUT2D eigenvalue weighted by atomic mass is 32.1. The average Bonchev–Trinajstić information content (AvgIpc) is 2.43. The van der Waals surface area contributed by atoms with Crippen molar-refractivity contribution >= 4 is 17.2 Å². The maximum Gasteiger partial charge on any atom is 0.286 e. The molecule has 0 spiro atoms. The van der Waals surface area contributed by atoms with Crippen LogP contribution in [-0.4, -0.2) is 28.2 Å². The van der Waals surface area contributed by atoms with E-state index < -0.39 is 5.60 Å². The summed E-state index contributed by atoms with van der Waals surface area (Å²) in [5.41, 5.74) is 2.00. The minimum absolute atomic E-state index is 0.0373. The predicted molar refractivity (Wildman–Crippen MR) is 61.3 cm³/mol. The maximum atomic E-state index is 11.6. The molecule has 0 saturated heterocycles. The Morgan fingerprint density at radius 3 is 2.62 bits per heavy atom. The third-order valence-corrected chi connectivity index (χ3v) is 2.77. The third kappa shape index (κ3) is 3.88. The lowest BCUT2D eigenvalue weighted by Crippen LogP contribution is -2.33. The van der Waals surface area contributed by atoms with Crippen LogP contribution in [0.2, 0.25) is 0 Å². The summed E-state index contributed by atoms with van der Waals surface area (Å²) >= 11 is 1.31. The summed E-state index contributed by atoms with van der Waals surface area (Å²) in [6.45, 7) is 6.85. The largest absolute Gasteiger partial charge is 0.388 e. The monoisotopic (exact) mass is 244 g/mol. The molecule has 1 amide bonds. The van der Waals surface area contributed by atoms with E-state index >= 15 is 0 Å². The van der Waals surface area contributed by atoms with Crippen molar-refractivity contribution in [1.82, 2.24) is 10.5 Å². The van der Waals surface area contributed by atoms with Crippen LogP contribution in [-0.2, 0) is 4.84 Å². The highest BCUT2D eigenvalue weighted by molar-refractivity contribution is 7.13. The Labute approximate surface area is 98.4 Å². The van der Waals surface area contributed by atoms with Crippen LogP contribution in [0.4, 0.5) is 0 Å². The van der Waals surface area contributed by atoms with E-state index in [1.54, 1.807) is 20.8 Å². The van der Waals surface area contributed by atoms with Crippen molar-refractivity contribution < 1.29 is 14.7 Å². The number of hydrogen-bond donors (Lipinski definition) is 2. The number of nitrogens with zero attached hydrogens (tertiary/aromatic N) is 1. The number of amides is 1. The van der Waals surface area contributed by atoms with E-state index in [9.17, 15) is 9.90 Å². The number of thiazole rings is 1. The summed E-state index contributed by atoms with van der Waals surface area (Å²) in [6, 6.07) is 0.